The summed E-state index contributed by atoms with van der Waals surface area (Å²) in [5.41, 5.74) is 3.69. The van der Waals surface area contributed by atoms with Gasteiger partial charge in [-0.3, -0.25) is 4.79 Å². The lowest BCUT2D eigenvalue weighted by Gasteiger charge is -2.15. The molecule has 162 valence electrons. The first-order valence-electron chi connectivity index (χ1n) is 9.40. The van der Waals surface area contributed by atoms with Crippen molar-refractivity contribution < 1.29 is 14.3 Å². The minimum absolute atomic E-state index is 0.214. The van der Waals surface area contributed by atoms with Gasteiger partial charge in [0.1, 0.15) is 0 Å². The van der Waals surface area contributed by atoms with Crippen LogP contribution in [0.1, 0.15) is 11.1 Å². The molecule has 0 unspecified atom stereocenters. The molecule has 0 heterocycles. The van der Waals surface area contributed by atoms with Gasteiger partial charge in [-0.1, -0.05) is 39.1 Å². The number of hydrogen-bond donors (Lipinski definition) is 2. The van der Waals surface area contributed by atoms with Crippen LogP contribution in [0.25, 0.3) is 0 Å². The Hall–Kier alpha value is -2.41. The van der Waals surface area contributed by atoms with Crippen LogP contribution in [0.4, 0.5) is 11.4 Å². The van der Waals surface area contributed by atoms with Crippen molar-refractivity contribution in [1.82, 2.24) is 0 Å². The molecule has 0 saturated heterocycles. The van der Waals surface area contributed by atoms with Crippen LogP contribution in [-0.4, -0.2) is 19.6 Å². The van der Waals surface area contributed by atoms with Crippen LogP contribution in [0.15, 0.2) is 59.1 Å². The molecule has 0 aliphatic heterocycles. The Morgan fingerprint density at radius 2 is 1.81 bits per heavy atom. The Morgan fingerprint density at radius 3 is 2.48 bits per heavy atom. The second-order valence-corrected chi connectivity index (χ2v) is 8.52. The number of benzene rings is 3. The Kier molecular flexibility index (Phi) is 8.07. The van der Waals surface area contributed by atoms with Crippen molar-refractivity contribution in [2.75, 3.05) is 24.4 Å². The molecule has 31 heavy (non-hydrogen) atoms. The first kappa shape index (κ1) is 23.3. The second kappa shape index (κ2) is 10.8. The van der Waals surface area contributed by atoms with Crippen LogP contribution < -0.4 is 20.1 Å². The van der Waals surface area contributed by atoms with E-state index in [0.29, 0.717) is 33.8 Å². The highest BCUT2D eigenvalue weighted by molar-refractivity contribution is 9.10. The molecule has 3 rings (SSSR count). The van der Waals surface area contributed by atoms with Crippen LogP contribution in [0.5, 0.6) is 11.5 Å². The number of carbonyl (C=O) groups is 1. The second-order valence-electron chi connectivity index (χ2n) is 6.77. The van der Waals surface area contributed by atoms with Crippen LogP contribution in [0, 0.1) is 6.92 Å². The highest BCUT2D eigenvalue weighted by atomic mass is 79.9. The van der Waals surface area contributed by atoms with E-state index < -0.39 is 0 Å². The summed E-state index contributed by atoms with van der Waals surface area (Å²) >= 11 is 15.7. The van der Waals surface area contributed by atoms with E-state index in [4.69, 9.17) is 32.7 Å². The van der Waals surface area contributed by atoms with Gasteiger partial charge < -0.3 is 20.1 Å². The number of carbonyl (C=O) groups excluding carboxylic acids is 1. The number of methoxy groups -OCH3 is 1. The number of aryl methyl sites for hydroxylation is 1. The van der Waals surface area contributed by atoms with Crippen molar-refractivity contribution in [2.24, 2.45) is 0 Å². The molecule has 0 saturated carbocycles. The van der Waals surface area contributed by atoms with E-state index in [-0.39, 0.29) is 12.5 Å². The van der Waals surface area contributed by atoms with Crippen LogP contribution in [0.3, 0.4) is 0 Å². The van der Waals surface area contributed by atoms with Crippen molar-refractivity contribution in [3.05, 3.63) is 80.2 Å². The molecule has 2 N–H and O–H groups in total. The van der Waals surface area contributed by atoms with Crippen molar-refractivity contribution >= 4 is 56.4 Å². The lowest BCUT2D eigenvalue weighted by atomic mass is 10.1. The van der Waals surface area contributed by atoms with Gasteiger partial charge in [-0.2, -0.15) is 0 Å². The molecule has 3 aromatic rings. The maximum Gasteiger partial charge on any atom is 0.262 e. The van der Waals surface area contributed by atoms with E-state index in [0.717, 1.165) is 21.3 Å². The largest absolute Gasteiger partial charge is 0.493 e. The van der Waals surface area contributed by atoms with Gasteiger partial charge in [0, 0.05) is 27.4 Å². The molecule has 1 amide bonds. The zero-order valence-corrected chi connectivity index (χ0v) is 20.1. The Balaban J connectivity index is 1.64. The van der Waals surface area contributed by atoms with Crippen LogP contribution in [-0.2, 0) is 11.3 Å². The van der Waals surface area contributed by atoms with E-state index in [1.165, 1.54) is 7.11 Å². The smallest absolute Gasteiger partial charge is 0.262 e. The third-order valence-corrected chi connectivity index (χ3v) is 5.46. The highest BCUT2D eigenvalue weighted by Gasteiger charge is 2.14. The first-order chi connectivity index (χ1) is 14.9. The SMILES string of the molecule is COc1cc(CNc2ccc(Br)cc2C)cc(Cl)c1OCC(=O)Nc1ccc(Cl)cc1. The Labute approximate surface area is 199 Å². The van der Waals surface area contributed by atoms with E-state index >= 15 is 0 Å². The zero-order chi connectivity index (χ0) is 22.4. The summed E-state index contributed by atoms with van der Waals surface area (Å²) in [7, 11) is 1.53. The van der Waals surface area contributed by atoms with Gasteiger partial charge in [-0.15, -0.1) is 0 Å². The van der Waals surface area contributed by atoms with Gasteiger partial charge in [-0.25, -0.2) is 0 Å². The van der Waals surface area contributed by atoms with Crippen molar-refractivity contribution in [3.8, 4) is 11.5 Å². The Bertz CT molecular complexity index is 1080. The molecule has 5 nitrogen and oxygen atoms in total. The molecule has 8 heteroatoms. The molecule has 0 aromatic heterocycles. The summed E-state index contributed by atoms with van der Waals surface area (Å²) in [6.45, 7) is 2.37. The van der Waals surface area contributed by atoms with Gasteiger partial charge in [-0.05, 0) is 72.6 Å². The average molecular weight is 524 g/mol. The van der Waals surface area contributed by atoms with E-state index in [1.54, 1.807) is 30.3 Å². The molecular weight excluding hydrogens is 503 g/mol. The number of nitrogens with one attached hydrogen (secondary N) is 2. The molecule has 0 radical (unpaired) electrons. The fourth-order valence-electron chi connectivity index (χ4n) is 2.91. The normalized spacial score (nSPS) is 10.5. The quantitative estimate of drug-likeness (QED) is 0.344. The van der Waals surface area contributed by atoms with Crippen LogP contribution >= 0.6 is 39.1 Å². The lowest BCUT2D eigenvalue weighted by Crippen LogP contribution is -2.20. The standard InChI is InChI=1S/C23H21BrCl2N2O3/c1-14-9-16(24)3-8-20(14)27-12-15-10-19(26)23(21(11-15)30-2)31-13-22(29)28-18-6-4-17(25)5-7-18/h3-11,27H,12-13H2,1-2H3,(H,28,29). The molecule has 3 aromatic carbocycles. The van der Waals surface area contributed by atoms with Gasteiger partial charge in [0.2, 0.25) is 0 Å². The molecule has 0 aliphatic carbocycles. The fraction of sp³-hybridized carbons (Fsp3) is 0.174. The summed E-state index contributed by atoms with van der Waals surface area (Å²) in [6.07, 6.45) is 0. The molecule has 0 aliphatic rings. The van der Waals surface area contributed by atoms with Gasteiger partial charge in [0.15, 0.2) is 18.1 Å². The van der Waals surface area contributed by atoms with Crippen molar-refractivity contribution in [2.45, 2.75) is 13.5 Å². The minimum atomic E-state index is -0.322. The highest BCUT2D eigenvalue weighted by Crippen LogP contribution is 2.36. The van der Waals surface area contributed by atoms with Crippen molar-refractivity contribution in [3.63, 3.8) is 0 Å². The summed E-state index contributed by atoms with van der Waals surface area (Å²) in [4.78, 5) is 12.2. The van der Waals surface area contributed by atoms with Gasteiger partial charge >= 0.3 is 0 Å². The van der Waals surface area contributed by atoms with Gasteiger partial charge in [0.25, 0.3) is 5.91 Å². The van der Waals surface area contributed by atoms with E-state index in [2.05, 4.69) is 26.6 Å². The summed E-state index contributed by atoms with van der Waals surface area (Å²) in [5, 5.41) is 7.08. The van der Waals surface area contributed by atoms with E-state index in [1.807, 2.05) is 31.2 Å². The number of rotatable bonds is 8. The molecule has 0 atom stereocenters. The Morgan fingerprint density at radius 1 is 1.06 bits per heavy atom. The predicted molar refractivity (Wildman–Crippen MR) is 130 cm³/mol. The molecule has 0 bridgehead atoms. The number of anilines is 2. The summed E-state index contributed by atoms with van der Waals surface area (Å²) in [6, 6.07) is 16.5. The predicted octanol–water partition coefficient (Wildman–Crippen LogP) is 6.70. The van der Waals surface area contributed by atoms with E-state index in [9.17, 15) is 4.79 Å². The number of ether oxygens (including phenoxy) is 2. The van der Waals surface area contributed by atoms with Crippen LogP contribution in [0.2, 0.25) is 10.0 Å². The van der Waals surface area contributed by atoms with Gasteiger partial charge in [0.05, 0.1) is 12.1 Å². The third-order valence-electron chi connectivity index (χ3n) is 4.44. The minimum Gasteiger partial charge on any atom is -0.493 e. The van der Waals surface area contributed by atoms with Crippen molar-refractivity contribution in [1.29, 1.82) is 0 Å². The topological polar surface area (TPSA) is 59.6 Å². The number of amides is 1. The zero-order valence-electron chi connectivity index (χ0n) is 17.0. The molecule has 0 spiro atoms. The fourth-order valence-corrected chi connectivity index (χ4v) is 3.80. The lowest BCUT2D eigenvalue weighted by molar-refractivity contribution is -0.118. The molecule has 0 fully saturated rings. The first-order valence-corrected chi connectivity index (χ1v) is 10.9. The maximum absolute atomic E-state index is 12.2. The third kappa shape index (κ3) is 6.53. The number of hydrogen-bond acceptors (Lipinski definition) is 4. The maximum atomic E-state index is 12.2. The number of halogens is 3. The average Bonchev–Trinajstić information content (AvgIpc) is 2.73. The summed E-state index contributed by atoms with van der Waals surface area (Å²) in [5.74, 6) is 0.451. The molecular formula is C23H21BrCl2N2O3. The monoisotopic (exact) mass is 522 g/mol. The summed E-state index contributed by atoms with van der Waals surface area (Å²) < 4.78 is 12.1.